The van der Waals surface area contributed by atoms with Crippen LogP contribution in [0.5, 0.6) is 0 Å². The number of hydrogen-bond acceptors (Lipinski definition) is 4. The van der Waals surface area contributed by atoms with E-state index >= 15 is 0 Å². The van der Waals surface area contributed by atoms with E-state index in [0.717, 1.165) is 11.8 Å². The molecule has 0 aliphatic heterocycles. The third-order valence-corrected chi connectivity index (χ3v) is 3.39. The number of anilines is 1. The molecule has 0 saturated carbocycles. The summed E-state index contributed by atoms with van der Waals surface area (Å²) in [7, 11) is 0. The molecule has 1 aromatic rings. The van der Waals surface area contributed by atoms with E-state index in [0.29, 0.717) is 12.6 Å². The Labute approximate surface area is 118 Å². The second-order valence-electron chi connectivity index (χ2n) is 4.34. The highest BCUT2D eigenvalue weighted by atomic mass is 32.2. The normalized spacial score (nSPS) is 13.1. The van der Waals surface area contributed by atoms with Gasteiger partial charge in [-0.3, -0.25) is 0 Å². The van der Waals surface area contributed by atoms with E-state index in [4.69, 9.17) is 5.11 Å². The lowest BCUT2D eigenvalue weighted by atomic mass is 10.2. The van der Waals surface area contributed by atoms with E-state index in [-0.39, 0.29) is 17.3 Å². The molecule has 0 spiro atoms. The number of aromatic nitrogens is 1. The number of thioether (sulfide) groups is 1. The SMILES string of the molecule is CSCC(C)CNc1nc(C(F)(F)F)ccc1C(=O)O. The molecule has 8 heteroatoms. The second-order valence-corrected chi connectivity index (χ2v) is 5.25. The molecule has 1 aromatic heterocycles. The number of nitrogens with one attached hydrogen (secondary N) is 1. The minimum absolute atomic E-state index is 0.183. The minimum atomic E-state index is -4.60. The first-order chi connectivity index (χ1) is 9.25. The summed E-state index contributed by atoms with van der Waals surface area (Å²) in [5.41, 5.74) is -1.38. The highest BCUT2D eigenvalue weighted by molar-refractivity contribution is 7.98. The van der Waals surface area contributed by atoms with Crippen LogP contribution in [0.4, 0.5) is 19.0 Å². The topological polar surface area (TPSA) is 62.2 Å². The Morgan fingerprint density at radius 3 is 2.65 bits per heavy atom. The van der Waals surface area contributed by atoms with Gasteiger partial charge in [0.2, 0.25) is 0 Å². The summed E-state index contributed by atoms with van der Waals surface area (Å²) in [4.78, 5) is 14.4. The molecule has 112 valence electrons. The quantitative estimate of drug-likeness (QED) is 0.845. The number of halogens is 3. The minimum Gasteiger partial charge on any atom is -0.478 e. The van der Waals surface area contributed by atoms with Crippen LogP contribution in [0.3, 0.4) is 0 Å². The Bertz CT molecular complexity index is 480. The zero-order chi connectivity index (χ0) is 15.3. The molecular weight excluding hydrogens is 293 g/mol. The summed E-state index contributed by atoms with van der Waals surface area (Å²) < 4.78 is 37.7. The van der Waals surface area contributed by atoms with E-state index < -0.39 is 17.8 Å². The molecule has 0 aliphatic rings. The molecule has 1 heterocycles. The molecule has 0 fully saturated rings. The van der Waals surface area contributed by atoms with Gasteiger partial charge in [0, 0.05) is 6.54 Å². The van der Waals surface area contributed by atoms with Crippen molar-refractivity contribution in [3.63, 3.8) is 0 Å². The van der Waals surface area contributed by atoms with E-state index in [1.54, 1.807) is 11.8 Å². The summed E-state index contributed by atoms with van der Waals surface area (Å²) in [5.74, 6) is -0.566. The van der Waals surface area contributed by atoms with Gasteiger partial charge in [0.15, 0.2) is 0 Å². The first kappa shape index (κ1) is 16.6. The Hall–Kier alpha value is -1.44. The van der Waals surface area contributed by atoms with Crippen LogP contribution in [0, 0.1) is 5.92 Å². The van der Waals surface area contributed by atoms with Crippen LogP contribution < -0.4 is 5.32 Å². The molecule has 0 saturated heterocycles. The number of pyridine rings is 1. The zero-order valence-corrected chi connectivity index (χ0v) is 11.8. The summed E-state index contributed by atoms with van der Waals surface area (Å²) in [6.45, 7) is 2.27. The van der Waals surface area contributed by atoms with Gasteiger partial charge in [0.1, 0.15) is 17.1 Å². The molecule has 4 nitrogen and oxygen atoms in total. The van der Waals surface area contributed by atoms with Crippen molar-refractivity contribution in [2.24, 2.45) is 5.92 Å². The first-order valence-corrected chi connectivity index (χ1v) is 7.19. The van der Waals surface area contributed by atoms with Gasteiger partial charge < -0.3 is 10.4 Å². The van der Waals surface area contributed by atoms with Crippen molar-refractivity contribution in [2.75, 3.05) is 23.9 Å². The molecule has 20 heavy (non-hydrogen) atoms. The van der Waals surface area contributed by atoms with E-state index in [9.17, 15) is 18.0 Å². The van der Waals surface area contributed by atoms with Crippen LogP contribution in [0.1, 0.15) is 23.0 Å². The van der Waals surface area contributed by atoms with Crippen molar-refractivity contribution in [3.8, 4) is 0 Å². The number of alkyl halides is 3. The zero-order valence-electron chi connectivity index (χ0n) is 11.0. The van der Waals surface area contributed by atoms with Gasteiger partial charge in [-0.1, -0.05) is 6.92 Å². The Morgan fingerprint density at radius 2 is 2.15 bits per heavy atom. The molecule has 1 rings (SSSR count). The van der Waals surface area contributed by atoms with Gasteiger partial charge >= 0.3 is 12.1 Å². The smallest absolute Gasteiger partial charge is 0.433 e. The monoisotopic (exact) mass is 308 g/mol. The number of carboxylic acids is 1. The lowest BCUT2D eigenvalue weighted by Gasteiger charge is -2.15. The average Bonchev–Trinajstić information content (AvgIpc) is 2.35. The molecule has 0 amide bonds. The predicted molar refractivity (Wildman–Crippen MR) is 72.2 cm³/mol. The maximum Gasteiger partial charge on any atom is 0.433 e. The number of carboxylic acid groups (broad SMARTS) is 1. The van der Waals surface area contributed by atoms with E-state index in [1.807, 2.05) is 13.2 Å². The first-order valence-electron chi connectivity index (χ1n) is 5.80. The van der Waals surface area contributed by atoms with Crippen molar-refractivity contribution < 1.29 is 23.1 Å². The molecule has 1 atom stereocenters. The molecule has 2 N–H and O–H groups in total. The summed E-state index contributed by atoms with van der Waals surface area (Å²) in [6.07, 6.45) is -2.68. The van der Waals surface area contributed by atoms with Gasteiger partial charge in [-0.05, 0) is 30.1 Å². The number of hydrogen-bond donors (Lipinski definition) is 2. The Morgan fingerprint density at radius 1 is 1.50 bits per heavy atom. The maximum atomic E-state index is 12.6. The molecular formula is C12H15F3N2O2S. The highest BCUT2D eigenvalue weighted by Crippen LogP contribution is 2.29. The Kier molecular flexibility index (Phi) is 5.67. The fourth-order valence-electron chi connectivity index (χ4n) is 1.54. The van der Waals surface area contributed by atoms with E-state index in [1.165, 1.54) is 0 Å². The average molecular weight is 308 g/mol. The van der Waals surface area contributed by atoms with E-state index in [2.05, 4.69) is 10.3 Å². The van der Waals surface area contributed by atoms with Gasteiger partial charge in [-0.15, -0.1) is 0 Å². The lowest BCUT2D eigenvalue weighted by molar-refractivity contribution is -0.141. The molecule has 0 aromatic carbocycles. The third kappa shape index (κ3) is 4.59. The number of nitrogens with zero attached hydrogens (tertiary/aromatic N) is 1. The van der Waals surface area contributed by atoms with Crippen molar-refractivity contribution in [3.05, 3.63) is 23.4 Å². The fraction of sp³-hybridized carbons (Fsp3) is 0.500. The number of carbonyl (C=O) groups is 1. The summed E-state index contributed by atoms with van der Waals surface area (Å²) >= 11 is 1.61. The molecule has 0 bridgehead atoms. The van der Waals surface area contributed by atoms with Gasteiger partial charge in [-0.2, -0.15) is 24.9 Å². The van der Waals surface area contributed by atoms with Crippen molar-refractivity contribution in [2.45, 2.75) is 13.1 Å². The van der Waals surface area contributed by atoms with Crippen molar-refractivity contribution in [1.82, 2.24) is 4.98 Å². The number of rotatable bonds is 6. The van der Waals surface area contributed by atoms with Gasteiger partial charge in [0.25, 0.3) is 0 Å². The summed E-state index contributed by atoms with van der Waals surface area (Å²) in [5, 5.41) is 11.6. The molecule has 0 aliphatic carbocycles. The fourth-order valence-corrected chi connectivity index (χ4v) is 2.23. The third-order valence-electron chi connectivity index (χ3n) is 2.49. The standard InChI is InChI=1S/C12H15F3N2O2S/c1-7(6-20-2)5-16-10-8(11(18)19)3-4-9(17-10)12(13,14)15/h3-4,7H,5-6H2,1-2H3,(H,16,17)(H,18,19). The predicted octanol–water partition coefficient (Wildman–Crippen LogP) is 3.21. The molecule has 0 radical (unpaired) electrons. The maximum absolute atomic E-state index is 12.6. The second kappa shape index (κ2) is 6.83. The van der Waals surface area contributed by atoms with Gasteiger partial charge in [-0.25, -0.2) is 9.78 Å². The van der Waals surface area contributed by atoms with Crippen LogP contribution in [-0.2, 0) is 6.18 Å². The summed E-state index contributed by atoms with van der Waals surface area (Å²) in [6, 6.07) is 1.58. The largest absolute Gasteiger partial charge is 0.478 e. The highest BCUT2D eigenvalue weighted by Gasteiger charge is 2.33. The van der Waals surface area contributed by atoms with Crippen LogP contribution in [0.25, 0.3) is 0 Å². The lowest BCUT2D eigenvalue weighted by Crippen LogP contribution is -2.18. The van der Waals surface area contributed by atoms with Crippen molar-refractivity contribution in [1.29, 1.82) is 0 Å². The van der Waals surface area contributed by atoms with Gasteiger partial charge in [0.05, 0.1) is 0 Å². The van der Waals surface area contributed by atoms with Crippen LogP contribution in [0.2, 0.25) is 0 Å². The Balaban J connectivity index is 2.98. The number of aromatic carboxylic acids is 1. The van der Waals surface area contributed by atoms with Crippen LogP contribution in [0.15, 0.2) is 12.1 Å². The van der Waals surface area contributed by atoms with Crippen LogP contribution >= 0.6 is 11.8 Å². The van der Waals surface area contributed by atoms with Crippen molar-refractivity contribution >= 4 is 23.5 Å². The molecule has 1 unspecified atom stereocenters. The van der Waals surface area contributed by atoms with Crippen LogP contribution in [-0.4, -0.2) is 34.6 Å².